The van der Waals surface area contributed by atoms with Crippen molar-refractivity contribution in [3.63, 3.8) is 0 Å². The molecule has 0 bridgehead atoms. The van der Waals surface area contributed by atoms with E-state index < -0.39 is 15.7 Å². The maximum absolute atomic E-state index is 13.3. The molecule has 31 heavy (non-hydrogen) atoms. The van der Waals surface area contributed by atoms with Crippen molar-refractivity contribution in [1.29, 1.82) is 0 Å². The predicted molar refractivity (Wildman–Crippen MR) is 122 cm³/mol. The van der Waals surface area contributed by atoms with Crippen LogP contribution in [0.4, 0.5) is 0 Å². The van der Waals surface area contributed by atoms with E-state index >= 15 is 0 Å². The number of carbonyl (C=O) groups excluding carboxylic acids is 1. The average Bonchev–Trinajstić information content (AvgIpc) is 3.06. The monoisotopic (exact) mass is 506 g/mol. The summed E-state index contributed by atoms with van der Waals surface area (Å²) in [5, 5.41) is 0. The molecule has 10 heteroatoms. The molecule has 1 fully saturated rings. The maximum Gasteiger partial charge on any atom is 0.343 e. The van der Waals surface area contributed by atoms with Gasteiger partial charge in [-0.3, -0.25) is 9.36 Å². The van der Waals surface area contributed by atoms with Crippen molar-refractivity contribution in [2.24, 2.45) is 0 Å². The number of amides is 1. The highest BCUT2D eigenvalue weighted by molar-refractivity contribution is 9.10. The fourth-order valence-corrected chi connectivity index (χ4v) is 5.50. The third-order valence-corrected chi connectivity index (χ3v) is 7.84. The van der Waals surface area contributed by atoms with Crippen molar-refractivity contribution >= 4 is 42.9 Å². The van der Waals surface area contributed by atoms with Crippen molar-refractivity contribution < 1.29 is 13.2 Å². The zero-order valence-electron chi connectivity index (χ0n) is 17.1. The Bertz CT molecular complexity index is 1270. The van der Waals surface area contributed by atoms with Crippen molar-refractivity contribution in [2.45, 2.75) is 18.4 Å². The standard InChI is InChI=1S/C21H23BrN4O4S/c1-2-23-11-13-24(14-12-23)20(27)15-25-18-5-3-4-6-19(18)26(21(25)28)31(29,30)17-9-7-16(22)8-10-17/h3-10H,2,11-15H2,1H3. The van der Waals surface area contributed by atoms with Gasteiger partial charge < -0.3 is 9.80 Å². The number of piperazine rings is 1. The zero-order chi connectivity index (χ0) is 22.2. The summed E-state index contributed by atoms with van der Waals surface area (Å²) in [6.45, 7) is 5.58. The largest absolute Gasteiger partial charge is 0.343 e. The summed E-state index contributed by atoms with van der Waals surface area (Å²) in [7, 11) is -4.13. The normalized spacial score (nSPS) is 15.5. The Morgan fingerprint density at radius 2 is 1.58 bits per heavy atom. The lowest BCUT2D eigenvalue weighted by atomic mass is 10.3. The molecule has 0 atom stereocenters. The van der Waals surface area contributed by atoms with Crippen LogP contribution in [0.15, 0.2) is 62.7 Å². The molecule has 0 radical (unpaired) electrons. The molecule has 164 valence electrons. The number of carbonyl (C=O) groups is 1. The molecule has 0 spiro atoms. The van der Waals surface area contributed by atoms with Crippen LogP contribution in [-0.4, -0.2) is 65.4 Å². The Hall–Kier alpha value is -2.43. The van der Waals surface area contributed by atoms with Crippen molar-refractivity contribution in [1.82, 2.24) is 18.3 Å². The van der Waals surface area contributed by atoms with Crippen molar-refractivity contribution in [2.75, 3.05) is 32.7 Å². The minimum absolute atomic E-state index is 0.00252. The van der Waals surface area contributed by atoms with Gasteiger partial charge >= 0.3 is 5.69 Å². The third kappa shape index (κ3) is 4.07. The van der Waals surface area contributed by atoms with Crippen LogP contribution in [0.5, 0.6) is 0 Å². The first kappa shape index (κ1) is 21.8. The smallest absolute Gasteiger partial charge is 0.339 e. The minimum atomic E-state index is -4.13. The molecule has 8 nitrogen and oxygen atoms in total. The summed E-state index contributed by atoms with van der Waals surface area (Å²) in [5.74, 6) is -0.193. The van der Waals surface area contributed by atoms with E-state index in [-0.39, 0.29) is 22.9 Å². The van der Waals surface area contributed by atoms with E-state index in [9.17, 15) is 18.0 Å². The number of nitrogens with zero attached hydrogens (tertiary/aromatic N) is 4. The first-order valence-electron chi connectivity index (χ1n) is 10.0. The molecule has 1 aliphatic rings. The number of benzene rings is 2. The van der Waals surface area contributed by atoms with Gasteiger partial charge in [-0.2, -0.15) is 3.97 Å². The second-order valence-electron chi connectivity index (χ2n) is 7.40. The molecule has 0 unspecified atom stereocenters. The molecular formula is C21H23BrN4O4S. The average molecular weight is 507 g/mol. The summed E-state index contributed by atoms with van der Waals surface area (Å²) < 4.78 is 29.3. The van der Waals surface area contributed by atoms with E-state index in [2.05, 4.69) is 27.8 Å². The molecule has 1 saturated heterocycles. The topological polar surface area (TPSA) is 84.6 Å². The van der Waals surface area contributed by atoms with E-state index in [1.807, 2.05) is 0 Å². The number of likely N-dealkylation sites (N-methyl/N-ethyl adjacent to an activating group) is 1. The molecule has 0 N–H and O–H groups in total. The van der Waals surface area contributed by atoms with E-state index in [0.29, 0.717) is 18.6 Å². The fourth-order valence-electron chi connectivity index (χ4n) is 3.83. The Labute approximate surface area is 188 Å². The van der Waals surface area contributed by atoms with Crippen molar-refractivity contribution in [3.8, 4) is 0 Å². The number of rotatable bonds is 5. The van der Waals surface area contributed by atoms with E-state index in [0.717, 1.165) is 28.1 Å². The molecule has 1 aromatic heterocycles. The van der Waals surface area contributed by atoms with Gasteiger partial charge in [-0.25, -0.2) is 13.2 Å². The SMILES string of the molecule is CCN1CCN(C(=O)Cn2c(=O)n(S(=O)(=O)c3ccc(Br)cc3)c3ccccc32)CC1. The molecule has 4 rings (SSSR count). The summed E-state index contributed by atoms with van der Waals surface area (Å²) >= 11 is 3.29. The van der Waals surface area contributed by atoms with Crippen LogP contribution in [-0.2, 0) is 21.4 Å². The number of aromatic nitrogens is 2. The van der Waals surface area contributed by atoms with Crippen molar-refractivity contribution in [3.05, 3.63) is 63.5 Å². The van der Waals surface area contributed by atoms with Gasteiger partial charge in [0.15, 0.2) is 0 Å². The van der Waals surface area contributed by atoms with Gasteiger partial charge in [0, 0.05) is 30.7 Å². The molecule has 0 aliphatic carbocycles. The summed E-state index contributed by atoms with van der Waals surface area (Å²) in [5.41, 5.74) is -0.0857. The summed E-state index contributed by atoms with van der Waals surface area (Å²) in [6.07, 6.45) is 0. The van der Waals surface area contributed by atoms with Crippen LogP contribution in [0.1, 0.15) is 6.92 Å². The first-order valence-corrected chi connectivity index (χ1v) is 12.3. The second kappa shape index (κ2) is 8.60. The molecule has 3 aromatic rings. The van der Waals surface area contributed by atoms with E-state index in [4.69, 9.17) is 0 Å². The van der Waals surface area contributed by atoms with Gasteiger partial charge in [-0.15, -0.1) is 0 Å². The van der Waals surface area contributed by atoms with Gasteiger partial charge in [-0.05, 0) is 42.9 Å². The van der Waals surface area contributed by atoms with Crippen LogP contribution >= 0.6 is 15.9 Å². The van der Waals surface area contributed by atoms with Gasteiger partial charge in [-0.1, -0.05) is 35.0 Å². The highest BCUT2D eigenvalue weighted by Gasteiger charge is 2.27. The van der Waals surface area contributed by atoms with Gasteiger partial charge in [0.1, 0.15) is 6.54 Å². The Morgan fingerprint density at radius 3 is 2.19 bits per heavy atom. The lowest BCUT2D eigenvalue weighted by Gasteiger charge is -2.34. The zero-order valence-corrected chi connectivity index (χ0v) is 19.5. The molecule has 1 aliphatic heterocycles. The molecule has 2 aromatic carbocycles. The van der Waals surface area contributed by atoms with Gasteiger partial charge in [0.2, 0.25) is 5.91 Å². The first-order chi connectivity index (χ1) is 14.8. The minimum Gasteiger partial charge on any atom is -0.339 e. The quantitative estimate of drug-likeness (QED) is 0.528. The van der Waals surface area contributed by atoms with Gasteiger partial charge in [0.25, 0.3) is 10.0 Å². The lowest BCUT2D eigenvalue weighted by Crippen LogP contribution is -2.49. The number of hydrogen-bond acceptors (Lipinski definition) is 5. The fraction of sp³-hybridized carbons (Fsp3) is 0.333. The van der Waals surface area contributed by atoms with Gasteiger partial charge in [0.05, 0.1) is 15.9 Å². The van der Waals surface area contributed by atoms with Crippen LogP contribution in [0.2, 0.25) is 0 Å². The number of fused-ring (bicyclic) bond motifs is 1. The summed E-state index contributed by atoms with van der Waals surface area (Å²) in [6, 6.07) is 12.7. The number of imidazole rings is 1. The van der Waals surface area contributed by atoms with Crippen LogP contribution in [0.3, 0.4) is 0 Å². The van der Waals surface area contributed by atoms with Crippen LogP contribution in [0, 0.1) is 0 Å². The number of halogens is 1. The molecule has 2 heterocycles. The number of hydrogen-bond donors (Lipinski definition) is 0. The van der Waals surface area contributed by atoms with Crippen LogP contribution < -0.4 is 5.69 Å². The Morgan fingerprint density at radius 1 is 0.968 bits per heavy atom. The highest BCUT2D eigenvalue weighted by atomic mass is 79.9. The molecule has 1 amide bonds. The second-order valence-corrected chi connectivity index (χ2v) is 10.1. The predicted octanol–water partition coefficient (Wildman–Crippen LogP) is 1.97. The third-order valence-electron chi connectivity index (χ3n) is 5.61. The number of para-hydroxylation sites is 2. The van der Waals surface area contributed by atoms with E-state index in [1.54, 1.807) is 41.3 Å². The molecular weight excluding hydrogens is 484 g/mol. The Balaban J connectivity index is 1.73. The van der Waals surface area contributed by atoms with E-state index in [1.165, 1.54) is 16.7 Å². The Kier molecular flexibility index (Phi) is 6.05. The lowest BCUT2D eigenvalue weighted by molar-refractivity contribution is -0.133. The summed E-state index contributed by atoms with van der Waals surface area (Å²) in [4.78, 5) is 30.1. The highest BCUT2D eigenvalue weighted by Crippen LogP contribution is 2.21. The molecule has 0 saturated carbocycles. The van der Waals surface area contributed by atoms with Crippen LogP contribution in [0.25, 0.3) is 11.0 Å². The maximum atomic E-state index is 13.3.